The number of benzene rings is 1. The SMILES string of the molecule is COc1ccc(Br)cc1CNC1CCCCC1C.O=C(O)C(=O)O. The van der Waals surface area contributed by atoms with Crippen molar-refractivity contribution >= 4 is 27.9 Å². The molecule has 2 unspecified atom stereocenters. The molecule has 1 aromatic carbocycles. The molecular formula is C17H24BrNO5. The van der Waals surface area contributed by atoms with E-state index in [1.807, 2.05) is 12.1 Å². The Balaban J connectivity index is 0.000000413. The normalized spacial score (nSPS) is 19.8. The van der Waals surface area contributed by atoms with Crippen LogP contribution in [0.1, 0.15) is 38.2 Å². The Bertz CT molecular complexity index is 552. The fraction of sp³-hybridized carbons (Fsp3) is 0.529. The van der Waals surface area contributed by atoms with Crippen LogP contribution < -0.4 is 10.1 Å². The van der Waals surface area contributed by atoms with Gasteiger partial charge in [-0.15, -0.1) is 0 Å². The summed E-state index contributed by atoms with van der Waals surface area (Å²) >= 11 is 3.52. The van der Waals surface area contributed by atoms with Crippen LogP contribution in [0.15, 0.2) is 22.7 Å². The van der Waals surface area contributed by atoms with Crippen molar-refractivity contribution in [3.8, 4) is 5.75 Å². The molecule has 1 aromatic rings. The van der Waals surface area contributed by atoms with Crippen LogP contribution in [0.4, 0.5) is 0 Å². The predicted molar refractivity (Wildman–Crippen MR) is 94.2 cm³/mol. The molecule has 0 spiro atoms. The molecule has 134 valence electrons. The van der Waals surface area contributed by atoms with Crippen LogP contribution in [-0.2, 0) is 16.1 Å². The zero-order chi connectivity index (χ0) is 18.1. The van der Waals surface area contributed by atoms with Gasteiger partial charge in [0.1, 0.15) is 5.75 Å². The number of rotatable bonds is 4. The number of ether oxygens (including phenoxy) is 1. The van der Waals surface area contributed by atoms with Crippen molar-refractivity contribution in [2.45, 2.75) is 45.2 Å². The minimum Gasteiger partial charge on any atom is -0.496 e. The Hall–Kier alpha value is -1.60. The molecule has 2 rings (SSSR count). The second-order valence-corrected chi connectivity index (χ2v) is 6.73. The van der Waals surface area contributed by atoms with Crippen LogP contribution in [-0.4, -0.2) is 35.3 Å². The highest BCUT2D eigenvalue weighted by molar-refractivity contribution is 9.10. The minimum absolute atomic E-state index is 0.655. The molecule has 0 saturated heterocycles. The Morgan fingerprint density at radius 3 is 2.42 bits per heavy atom. The van der Waals surface area contributed by atoms with E-state index in [9.17, 15) is 0 Å². The van der Waals surface area contributed by atoms with Gasteiger partial charge in [0.2, 0.25) is 0 Å². The van der Waals surface area contributed by atoms with Crippen LogP contribution in [0.25, 0.3) is 0 Å². The molecule has 7 heteroatoms. The average molecular weight is 402 g/mol. The zero-order valence-electron chi connectivity index (χ0n) is 13.9. The lowest BCUT2D eigenvalue weighted by Crippen LogP contribution is -2.36. The molecule has 1 saturated carbocycles. The van der Waals surface area contributed by atoms with Crippen molar-refractivity contribution in [3.05, 3.63) is 28.2 Å². The third kappa shape index (κ3) is 6.88. The van der Waals surface area contributed by atoms with Gasteiger partial charge in [-0.3, -0.25) is 0 Å². The number of hydrogen-bond donors (Lipinski definition) is 3. The standard InChI is InChI=1S/C15H22BrNO.C2H2O4/c1-11-5-3-4-6-14(11)17-10-12-9-13(16)7-8-15(12)18-2;3-1(4)2(5)6/h7-9,11,14,17H,3-6,10H2,1-2H3;(H,3,4)(H,5,6). The summed E-state index contributed by atoms with van der Waals surface area (Å²) in [6, 6.07) is 6.83. The van der Waals surface area contributed by atoms with Gasteiger partial charge < -0.3 is 20.3 Å². The molecular weight excluding hydrogens is 378 g/mol. The molecule has 6 nitrogen and oxygen atoms in total. The quantitative estimate of drug-likeness (QED) is 0.669. The topological polar surface area (TPSA) is 95.9 Å². The Morgan fingerprint density at radius 2 is 1.88 bits per heavy atom. The van der Waals surface area contributed by atoms with E-state index >= 15 is 0 Å². The van der Waals surface area contributed by atoms with Gasteiger partial charge in [-0.05, 0) is 37.0 Å². The number of carboxylic acid groups (broad SMARTS) is 2. The average Bonchev–Trinajstić information content (AvgIpc) is 2.54. The monoisotopic (exact) mass is 401 g/mol. The number of hydrogen-bond acceptors (Lipinski definition) is 4. The lowest BCUT2D eigenvalue weighted by atomic mass is 9.86. The van der Waals surface area contributed by atoms with E-state index in [4.69, 9.17) is 24.5 Å². The lowest BCUT2D eigenvalue weighted by molar-refractivity contribution is -0.159. The largest absolute Gasteiger partial charge is 0.496 e. The summed E-state index contributed by atoms with van der Waals surface area (Å²) in [6.07, 6.45) is 5.40. The number of aliphatic carboxylic acids is 2. The minimum atomic E-state index is -1.82. The van der Waals surface area contributed by atoms with Crippen LogP contribution in [0, 0.1) is 5.92 Å². The van der Waals surface area contributed by atoms with Crippen LogP contribution in [0.5, 0.6) is 5.75 Å². The summed E-state index contributed by atoms with van der Waals surface area (Å²) in [5.41, 5.74) is 1.23. The third-order valence-corrected chi connectivity index (χ3v) is 4.58. The van der Waals surface area contributed by atoms with E-state index in [1.165, 1.54) is 31.2 Å². The van der Waals surface area contributed by atoms with Gasteiger partial charge >= 0.3 is 11.9 Å². The van der Waals surface area contributed by atoms with E-state index in [-0.39, 0.29) is 0 Å². The fourth-order valence-electron chi connectivity index (χ4n) is 2.75. The van der Waals surface area contributed by atoms with Gasteiger partial charge in [-0.2, -0.15) is 0 Å². The number of carboxylic acids is 2. The molecule has 24 heavy (non-hydrogen) atoms. The summed E-state index contributed by atoms with van der Waals surface area (Å²) in [6.45, 7) is 3.24. The Labute approximate surface area is 150 Å². The zero-order valence-corrected chi connectivity index (χ0v) is 15.5. The summed E-state index contributed by atoms with van der Waals surface area (Å²) in [4.78, 5) is 18.2. The molecule has 0 radical (unpaired) electrons. The summed E-state index contributed by atoms with van der Waals surface area (Å²) in [7, 11) is 1.73. The molecule has 0 aromatic heterocycles. The number of halogens is 1. The van der Waals surface area contributed by atoms with Crippen molar-refractivity contribution in [1.29, 1.82) is 0 Å². The molecule has 2 atom stereocenters. The second-order valence-electron chi connectivity index (χ2n) is 5.82. The van der Waals surface area contributed by atoms with Crippen molar-refractivity contribution in [3.63, 3.8) is 0 Å². The van der Waals surface area contributed by atoms with Gasteiger partial charge in [0.15, 0.2) is 0 Å². The Morgan fingerprint density at radius 1 is 1.25 bits per heavy atom. The number of nitrogens with one attached hydrogen (secondary N) is 1. The predicted octanol–water partition coefficient (Wildman–Crippen LogP) is 3.28. The first kappa shape index (κ1) is 20.4. The molecule has 1 fully saturated rings. The van der Waals surface area contributed by atoms with Crippen LogP contribution in [0.3, 0.4) is 0 Å². The van der Waals surface area contributed by atoms with Gasteiger partial charge in [-0.1, -0.05) is 35.7 Å². The highest BCUT2D eigenvalue weighted by Crippen LogP contribution is 2.26. The van der Waals surface area contributed by atoms with Gasteiger partial charge in [0, 0.05) is 22.6 Å². The summed E-state index contributed by atoms with van der Waals surface area (Å²) < 4.78 is 6.51. The van der Waals surface area contributed by atoms with E-state index < -0.39 is 11.9 Å². The van der Waals surface area contributed by atoms with Gasteiger partial charge in [-0.25, -0.2) is 9.59 Å². The van der Waals surface area contributed by atoms with Crippen molar-refractivity contribution in [2.75, 3.05) is 7.11 Å². The molecule has 3 N–H and O–H groups in total. The first-order valence-electron chi connectivity index (χ1n) is 7.87. The van der Waals surface area contributed by atoms with Crippen molar-refractivity contribution in [2.24, 2.45) is 5.92 Å². The maximum atomic E-state index is 9.10. The molecule has 0 heterocycles. The second kappa shape index (κ2) is 10.3. The first-order valence-corrected chi connectivity index (χ1v) is 8.66. The lowest BCUT2D eigenvalue weighted by Gasteiger charge is -2.30. The van der Waals surface area contributed by atoms with E-state index in [2.05, 4.69) is 34.2 Å². The Kier molecular flexibility index (Phi) is 8.78. The molecule has 0 amide bonds. The summed E-state index contributed by atoms with van der Waals surface area (Å²) in [5, 5.41) is 18.5. The van der Waals surface area contributed by atoms with Crippen molar-refractivity contribution in [1.82, 2.24) is 5.32 Å². The first-order chi connectivity index (χ1) is 11.3. The highest BCUT2D eigenvalue weighted by atomic mass is 79.9. The molecule has 0 aliphatic heterocycles. The highest BCUT2D eigenvalue weighted by Gasteiger charge is 2.20. The summed E-state index contributed by atoms with van der Waals surface area (Å²) in [5.74, 6) is -1.89. The molecule has 0 bridgehead atoms. The van der Waals surface area contributed by atoms with Crippen LogP contribution in [0.2, 0.25) is 0 Å². The number of carbonyl (C=O) groups is 2. The maximum Gasteiger partial charge on any atom is 0.414 e. The number of methoxy groups -OCH3 is 1. The van der Waals surface area contributed by atoms with E-state index in [0.717, 1.165) is 22.7 Å². The third-order valence-electron chi connectivity index (χ3n) is 4.09. The van der Waals surface area contributed by atoms with Crippen LogP contribution >= 0.6 is 15.9 Å². The fourth-order valence-corrected chi connectivity index (χ4v) is 3.15. The van der Waals surface area contributed by atoms with Crippen molar-refractivity contribution < 1.29 is 24.5 Å². The van der Waals surface area contributed by atoms with E-state index in [0.29, 0.717) is 6.04 Å². The van der Waals surface area contributed by atoms with Gasteiger partial charge in [0.05, 0.1) is 7.11 Å². The van der Waals surface area contributed by atoms with Gasteiger partial charge in [0.25, 0.3) is 0 Å². The molecule has 1 aliphatic rings. The van der Waals surface area contributed by atoms with E-state index in [1.54, 1.807) is 7.11 Å². The maximum absolute atomic E-state index is 9.10. The smallest absolute Gasteiger partial charge is 0.414 e. The molecule has 1 aliphatic carbocycles.